The Labute approximate surface area is 76.6 Å². The molecule has 0 aromatic heterocycles. The van der Waals surface area contributed by atoms with E-state index in [9.17, 15) is 0 Å². The maximum atomic E-state index is 3.70. The molecule has 0 aliphatic rings. The van der Waals surface area contributed by atoms with E-state index in [1.807, 2.05) is 6.08 Å². The van der Waals surface area contributed by atoms with Crippen molar-refractivity contribution in [2.45, 2.75) is 19.8 Å². The first-order valence-electron chi connectivity index (χ1n) is 4.81. The number of rotatable bonds is 8. The smallest absolute Gasteiger partial charge is 0.0158 e. The maximum Gasteiger partial charge on any atom is 0.0158 e. The largest absolute Gasteiger partial charge is 0.315 e. The molecule has 2 heteroatoms. The zero-order chi connectivity index (χ0) is 9.23. The van der Waals surface area contributed by atoms with Gasteiger partial charge in [-0.3, -0.25) is 0 Å². The summed E-state index contributed by atoms with van der Waals surface area (Å²) in [5.41, 5.74) is 0. The van der Waals surface area contributed by atoms with Gasteiger partial charge in [-0.15, -0.1) is 6.58 Å². The SMILES string of the molecule is C=CCN(C)CCNCCCC. The Hall–Kier alpha value is -0.340. The van der Waals surface area contributed by atoms with Crippen LogP contribution in [0.3, 0.4) is 0 Å². The topological polar surface area (TPSA) is 15.3 Å². The number of unbranched alkanes of at least 4 members (excludes halogenated alkanes) is 1. The van der Waals surface area contributed by atoms with E-state index in [4.69, 9.17) is 0 Å². The standard InChI is InChI=1S/C10H22N2/c1-4-6-7-11-8-10-12(3)9-5-2/h5,11H,2,4,6-10H2,1,3H3. The van der Waals surface area contributed by atoms with Crippen LogP contribution in [0.2, 0.25) is 0 Å². The minimum Gasteiger partial charge on any atom is -0.315 e. The lowest BCUT2D eigenvalue weighted by Gasteiger charge is -2.14. The van der Waals surface area contributed by atoms with Gasteiger partial charge in [-0.25, -0.2) is 0 Å². The van der Waals surface area contributed by atoms with Crippen molar-refractivity contribution < 1.29 is 0 Å². The van der Waals surface area contributed by atoms with Crippen molar-refractivity contribution in [3.05, 3.63) is 12.7 Å². The minimum absolute atomic E-state index is 0.982. The fourth-order valence-electron chi connectivity index (χ4n) is 1.01. The average molecular weight is 170 g/mol. The summed E-state index contributed by atoms with van der Waals surface area (Å²) in [7, 11) is 2.11. The third kappa shape index (κ3) is 7.76. The van der Waals surface area contributed by atoms with Crippen LogP contribution in [0.5, 0.6) is 0 Å². The molecule has 0 amide bonds. The molecule has 12 heavy (non-hydrogen) atoms. The van der Waals surface area contributed by atoms with Crippen LogP contribution in [-0.4, -0.2) is 38.1 Å². The molecule has 0 saturated carbocycles. The molecule has 0 aliphatic heterocycles. The molecule has 0 aromatic carbocycles. The van der Waals surface area contributed by atoms with Crippen molar-refractivity contribution >= 4 is 0 Å². The summed E-state index contributed by atoms with van der Waals surface area (Å²) in [5.74, 6) is 0. The van der Waals surface area contributed by atoms with Crippen LogP contribution < -0.4 is 5.32 Å². The van der Waals surface area contributed by atoms with Crippen LogP contribution in [0.15, 0.2) is 12.7 Å². The second-order valence-corrected chi connectivity index (χ2v) is 3.15. The molecule has 72 valence electrons. The summed E-state index contributed by atoms with van der Waals surface area (Å²) in [5, 5.41) is 3.40. The fourth-order valence-corrected chi connectivity index (χ4v) is 1.01. The van der Waals surface area contributed by atoms with Crippen LogP contribution in [-0.2, 0) is 0 Å². The van der Waals surface area contributed by atoms with Crippen LogP contribution in [0, 0.1) is 0 Å². The van der Waals surface area contributed by atoms with E-state index >= 15 is 0 Å². The Balaban J connectivity index is 3.02. The lowest BCUT2D eigenvalue weighted by Crippen LogP contribution is -2.29. The van der Waals surface area contributed by atoms with Crippen LogP contribution >= 0.6 is 0 Å². The molecular weight excluding hydrogens is 148 g/mol. The van der Waals surface area contributed by atoms with E-state index in [-0.39, 0.29) is 0 Å². The average Bonchev–Trinajstić information content (AvgIpc) is 2.05. The second-order valence-electron chi connectivity index (χ2n) is 3.15. The Kier molecular flexibility index (Phi) is 8.51. The van der Waals surface area contributed by atoms with E-state index < -0.39 is 0 Å². The third-order valence-corrected chi connectivity index (χ3v) is 1.82. The van der Waals surface area contributed by atoms with Gasteiger partial charge in [-0.2, -0.15) is 0 Å². The minimum atomic E-state index is 0.982. The van der Waals surface area contributed by atoms with E-state index in [1.165, 1.54) is 12.8 Å². The first kappa shape index (κ1) is 11.7. The molecule has 2 nitrogen and oxygen atoms in total. The van der Waals surface area contributed by atoms with Crippen molar-refractivity contribution in [3.63, 3.8) is 0 Å². The molecule has 0 bridgehead atoms. The zero-order valence-electron chi connectivity index (χ0n) is 8.47. The fraction of sp³-hybridized carbons (Fsp3) is 0.800. The highest BCUT2D eigenvalue weighted by Gasteiger charge is 1.92. The first-order chi connectivity index (χ1) is 5.81. The van der Waals surface area contributed by atoms with Crippen LogP contribution in [0.1, 0.15) is 19.8 Å². The summed E-state index contributed by atoms with van der Waals surface area (Å²) in [6.07, 6.45) is 4.49. The Bertz CT molecular complexity index is 102. The molecule has 0 spiro atoms. The van der Waals surface area contributed by atoms with Crippen molar-refractivity contribution in [2.75, 3.05) is 33.2 Å². The Morgan fingerprint density at radius 2 is 2.17 bits per heavy atom. The van der Waals surface area contributed by atoms with Crippen molar-refractivity contribution in [1.29, 1.82) is 0 Å². The van der Waals surface area contributed by atoms with Gasteiger partial charge in [-0.1, -0.05) is 19.4 Å². The highest BCUT2D eigenvalue weighted by Crippen LogP contribution is 1.83. The van der Waals surface area contributed by atoms with E-state index in [0.717, 1.165) is 26.2 Å². The molecule has 0 atom stereocenters. The number of hydrogen-bond donors (Lipinski definition) is 1. The van der Waals surface area contributed by atoms with E-state index in [2.05, 4.69) is 30.8 Å². The number of nitrogens with one attached hydrogen (secondary N) is 1. The Morgan fingerprint density at radius 1 is 1.42 bits per heavy atom. The molecule has 0 rings (SSSR count). The van der Waals surface area contributed by atoms with Crippen molar-refractivity contribution in [2.24, 2.45) is 0 Å². The zero-order valence-corrected chi connectivity index (χ0v) is 8.47. The lowest BCUT2D eigenvalue weighted by molar-refractivity contribution is 0.365. The summed E-state index contributed by atoms with van der Waals surface area (Å²) < 4.78 is 0. The van der Waals surface area contributed by atoms with Gasteiger partial charge in [0.25, 0.3) is 0 Å². The van der Waals surface area contributed by atoms with Gasteiger partial charge in [0, 0.05) is 19.6 Å². The molecule has 1 N–H and O–H groups in total. The lowest BCUT2D eigenvalue weighted by atomic mass is 10.3. The highest BCUT2D eigenvalue weighted by atomic mass is 15.1. The molecule has 0 unspecified atom stereocenters. The van der Waals surface area contributed by atoms with Gasteiger partial charge in [0.2, 0.25) is 0 Å². The van der Waals surface area contributed by atoms with Gasteiger partial charge in [0.1, 0.15) is 0 Å². The third-order valence-electron chi connectivity index (χ3n) is 1.82. The first-order valence-corrected chi connectivity index (χ1v) is 4.81. The molecule has 0 saturated heterocycles. The molecular formula is C10H22N2. The van der Waals surface area contributed by atoms with E-state index in [0.29, 0.717) is 0 Å². The summed E-state index contributed by atoms with van der Waals surface area (Å²) in [4.78, 5) is 2.26. The van der Waals surface area contributed by atoms with Crippen molar-refractivity contribution in [3.8, 4) is 0 Å². The molecule has 0 fully saturated rings. The van der Waals surface area contributed by atoms with Gasteiger partial charge in [-0.05, 0) is 20.0 Å². The summed E-state index contributed by atoms with van der Waals surface area (Å²) >= 11 is 0. The Morgan fingerprint density at radius 3 is 2.75 bits per heavy atom. The van der Waals surface area contributed by atoms with Gasteiger partial charge in [0.15, 0.2) is 0 Å². The van der Waals surface area contributed by atoms with Gasteiger partial charge < -0.3 is 10.2 Å². The number of hydrogen-bond acceptors (Lipinski definition) is 2. The highest BCUT2D eigenvalue weighted by molar-refractivity contribution is 4.71. The van der Waals surface area contributed by atoms with Crippen molar-refractivity contribution in [1.82, 2.24) is 10.2 Å². The predicted octanol–water partition coefficient (Wildman–Crippen LogP) is 1.49. The number of likely N-dealkylation sites (N-methyl/N-ethyl adjacent to an activating group) is 1. The van der Waals surface area contributed by atoms with Crippen LogP contribution in [0.25, 0.3) is 0 Å². The van der Waals surface area contributed by atoms with Crippen LogP contribution in [0.4, 0.5) is 0 Å². The normalized spacial score (nSPS) is 10.6. The second kappa shape index (κ2) is 8.75. The maximum absolute atomic E-state index is 3.70. The van der Waals surface area contributed by atoms with Gasteiger partial charge >= 0.3 is 0 Å². The molecule has 0 radical (unpaired) electrons. The van der Waals surface area contributed by atoms with E-state index in [1.54, 1.807) is 0 Å². The molecule has 0 aromatic rings. The predicted molar refractivity (Wildman–Crippen MR) is 55.5 cm³/mol. The molecule has 0 aliphatic carbocycles. The quantitative estimate of drug-likeness (QED) is 0.438. The molecule has 0 heterocycles. The number of nitrogens with zero attached hydrogens (tertiary/aromatic N) is 1. The van der Waals surface area contributed by atoms with Gasteiger partial charge in [0.05, 0.1) is 0 Å². The summed E-state index contributed by atoms with van der Waals surface area (Å²) in [6.45, 7) is 10.2. The monoisotopic (exact) mass is 170 g/mol. The summed E-state index contributed by atoms with van der Waals surface area (Å²) in [6, 6.07) is 0.